The second-order valence-electron chi connectivity index (χ2n) is 5.74. The van der Waals surface area contributed by atoms with Gasteiger partial charge in [-0.15, -0.1) is 0 Å². The smallest absolute Gasteiger partial charge is 0.0933 e. The number of hydrogen-bond acceptors (Lipinski definition) is 3. The van der Waals surface area contributed by atoms with E-state index in [1.807, 2.05) is 30.3 Å². The molecule has 0 radical (unpaired) electrons. The Kier molecular flexibility index (Phi) is 3.21. The van der Waals surface area contributed by atoms with Gasteiger partial charge in [0.2, 0.25) is 0 Å². The number of aliphatic hydroxyl groups is 1. The third-order valence-corrected chi connectivity index (χ3v) is 4.60. The first-order valence-corrected chi connectivity index (χ1v) is 6.88. The molecule has 0 aromatic heterocycles. The topological polar surface area (TPSA) is 32.7 Å². The number of likely N-dealkylation sites (N-methyl/N-ethyl adjacent to an activating group) is 1. The van der Waals surface area contributed by atoms with Crippen molar-refractivity contribution < 1.29 is 9.84 Å². The lowest BCUT2D eigenvalue weighted by molar-refractivity contribution is -0.137. The molecule has 2 bridgehead atoms. The SMILES string of the molecule is C=Cc1ccccc1C1(O)CC2COCC(C1)N2C. The van der Waals surface area contributed by atoms with Crippen LogP contribution in [0.1, 0.15) is 24.0 Å². The molecule has 3 rings (SSSR count). The van der Waals surface area contributed by atoms with Gasteiger partial charge in [-0.3, -0.25) is 4.90 Å². The van der Waals surface area contributed by atoms with E-state index in [0.717, 1.165) is 24.0 Å². The highest BCUT2D eigenvalue weighted by molar-refractivity contribution is 5.54. The number of fused-ring (bicyclic) bond motifs is 2. The minimum absolute atomic E-state index is 0.301. The van der Waals surface area contributed by atoms with E-state index in [1.165, 1.54) is 0 Å². The summed E-state index contributed by atoms with van der Waals surface area (Å²) in [7, 11) is 2.14. The van der Waals surface area contributed by atoms with Crippen LogP contribution in [0.2, 0.25) is 0 Å². The Morgan fingerprint density at radius 1 is 1.32 bits per heavy atom. The summed E-state index contributed by atoms with van der Waals surface area (Å²) in [5.41, 5.74) is 1.29. The van der Waals surface area contributed by atoms with E-state index >= 15 is 0 Å². The lowest BCUT2D eigenvalue weighted by atomic mass is 9.75. The Morgan fingerprint density at radius 3 is 2.58 bits per heavy atom. The molecule has 0 saturated carbocycles. The van der Waals surface area contributed by atoms with E-state index in [-0.39, 0.29) is 0 Å². The van der Waals surface area contributed by atoms with Gasteiger partial charge in [0.15, 0.2) is 0 Å². The average Bonchev–Trinajstić information content (AvgIpc) is 2.41. The number of piperidine rings is 1. The normalized spacial score (nSPS) is 35.1. The molecule has 2 aliphatic rings. The third-order valence-electron chi connectivity index (χ3n) is 4.60. The largest absolute Gasteiger partial charge is 0.385 e. The Hall–Kier alpha value is -1.16. The molecule has 2 fully saturated rings. The fraction of sp³-hybridized carbons (Fsp3) is 0.500. The van der Waals surface area contributed by atoms with E-state index in [9.17, 15) is 5.11 Å². The standard InChI is InChI=1S/C16H21NO2/c1-3-12-6-4-5-7-15(12)16(18)8-13-10-19-11-14(9-16)17(13)2/h3-7,13-14,18H,1,8-11H2,2H3. The van der Waals surface area contributed by atoms with Gasteiger partial charge in [0, 0.05) is 12.1 Å². The first kappa shape index (κ1) is 12.9. The molecular weight excluding hydrogens is 238 g/mol. The van der Waals surface area contributed by atoms with Gasteiger partial charge in [-0.1, -0.05) is 36.9 Å². The Balaban J connectivity index is 1.97. The second-order valence-corrected chi connectivity index (χ2v) is 5.74. The van der Waals surface area contributed by atoms with Crippen LogP contribution in [0.4, 0.5) is 0 Å². The summed E-state index contributed by atoms with van der Waals surface area (Å²) in [5, 5.41) is 11.1. The zero-order valence-electron chi connectivity index (χ0n) is 11.4. The molecule has 2 heterocycles. The highest BCUT2D eigenvalue weighted by atomic mass is 16.5. The van der Waals surface area contributed by atoms with Crippen LogP contribution in [-0.4, -0.2) is 42.4 Å². The highest BCUT2D eigenvalue weighted by Crippen LogP contribution is 2.41. The van der Waals surface area contributed by atoms with Crippen molar-refractivity contribution in [3.05, 3.63) is 42.0 Å². The van der Waals surface area contributed by atoms with E-state index < -0.39 is 5.60 Å². The summed E-state index contributed by atoms with van der Waals surface area (Å²) >= 11 is 0. The van der Waals surface area contributed by atoms with E-state index in [2.05, 4.69) is 18.5 Å². The maximum atomic E-state index is 11.1. The van der Waals surface area contributed by atoms with Crippen LogP contribution in [0.3, 0.4) is 0 Å². The predicted molar refractivity (Wildman–Crippen MR) is 75.8 cm³/mol. The van der Waals surface area contributed by atoms with Crippen LogP contribution >= 0.6 is 0 Å². The van der Waals surface area contributed by atoms with Crippen LogP contribution in [0.25, 0.3) is 6.08 Å². The maximum Gasteiger partial charge on any atom is 0.0933 e. The molecule has 2 saturated heterocycles. The first-order chi connectivity index (χ1) is 9.14. The van der Waals surface area contributed by atoms with Crippen molar-refractivity contribution in [3.8, 4) is 0 Å². The number of hydrogen-bond donors (Lipinski definition) is 1. The molecule has 102 valence electrons. The molecule has 2 aliphatic heterocycles. The molecule has 1 aromatic rings. The summed E-state index contributed by atoms with van der Waals surface area (Å²) in [4.78, 5) is 2.36. The molecule has 2 atom stereocenters. The van der Waals surface area contributed by atoms with E-state index in [1.54, 1.807) is 0 Å². The number of morpholine rings is 1. The fourth-order valence-electron chi connectivity index (χ4n) is 3.46. The summed E-state index contributed by atoms with van der Waals surface area (Å²) in [6.07, 6.45) is 3.29. The van der Waals surface area contributed by atoms with E-state index in [0.29, 0.717) is 25.3 Å². The van der Waals surface area contributed by atoms with Gasteiger partial charge in [-0.25, -0.2) is 0 Å². The van der Waals surface area contributed by atoms with Crippen LogP contribution in [0.15, 0.2) is 30.8 Å². The third kappa shape index (κ3) is 2.12. The van der Waals surface area contributed by atoms with Crippen molar-refractivity contribution in [1.29, 1.82) is 0 Å². The van der Waals surface area contributed by atoms with Crippen LogP contribution in [-0.2, 0) is 10.3 Å². The van der Waals surface area contributed by atoms with Gasteiger partial charge in [0.1, 0.15) is 0 Å². The molecule has 3 heteroatoms. The van der Waals surface area contributed by atoms with Gasteiger partial charge in [-0.2, -0.15) is 0 Å². The number of nitrogens with zero attached hydrogens (tertiary/aromatic N) is 1. The van der Waals surface area contributed by atoms with Gasteiger partial charge in [0.05, 0.1) is 18.8 Å². The van der Waals surface area contributed by atoms with Gasteiger partial charge in [0.25, 0.3) is 0 Å². The summed E-state index contributed by atoms with van der Waals surface area (Å²) < 4.78 is 5.62. The van der Waals surface area contributed by atoms with Crippen molar-refractivity contribution in [2.75, 3.05) is 20.3 Å². The molecule has 0 aliphatic carbocycles. The first-order valence-electron chi connectivity index (χ1n) is 6.88. The number of ether oxygens (including phenoxy) is 1. The minimum atomic E-state index is -0.754. The van der Waals surface area contributed by atoms with Crippen molar-refractivity contribution >= 4 is 6.08 Å². The lowest BCUT2D eigenvalue weighted by Crippen LogP contribution is -2.59. The molecule has 3 nitrogen and oxygen atoms in total. The van der Waals surface area contributed by atoms with Crippen molar-refractivity contribution in [2.45, 2.75) is 30.5 Å². The maximum absolute atomic E-state index is 11.1. The van der Waals surface area contributed by atoms with Crippen LogP contribution < -0.4 is 0 Å². The summed E-state index contributed by atoms with van der Waals surface area (Å²) in [6, 6.07) is 8.63. The number of rotatable bonds is 2. The highest BCUT2D eigenvalue weighted by Gasteiger charge is 2.46. The van der Waals surface area contributed by atoms with E-state index in [4.69, 9.17) is 4.74 Å². The van der Waals surface area contributed by atoms with Crippen molar-refractivity contribution in [1.82, 2.24) is 4.90 Å². The van der Waals surface area contributed by atoms with Gasteiger partial charge in [-0.05, 0) is 31.0 Å². The Morgan fingerprint density at radius 2 is 1.95 bits per heavy atom. The van der Waals surface area contributed by atoms with Gasteiger partial charge < -0.3 is 9.84 Å². The van der Waals surface area contributed by atoms with Gasteiger partial charge >= 0.3 is 0 Å². The molecule has 1 N–H and O–H groups in total. The molecule has 2 unspecified atom stereocenters. The Bertz CT molecular complexity index is 471. The lowest BCUT2D eigenvalue weighted by Gasteiger charge is -2.50. The quantitative estimate of drug-likeness (QED) is 0.882. The summed E-state index contributed by atoms with van der Waals surface area (Å²) in [6.45, 7) is 5.29. The average molecular weight is 259 g/mol. The monoisotopic (exact) mass is 259 g/mol. The van der Waals surface area contributed by atoms with Crippen LogP contribution in [0, 0.1) is 0 Å². The molecular formula is C16H21NO2. The van der Waals surface area contributed by atoms with Crippen molar-refractivity contribution in [2.24, 2.45) is 0 Å². The molecule has 1 aromatic carbocycles. The Labute approximate surface area is 114 Å². The molecule has 19 heavy (non-hydrogen) atoms. The molecule has 0 spiro atoms. The zero-order chi connectivity index (χ0) is 13.5. The number of benzene rings is 1. The van der Waals surface area contributed by atoms with Crippen LogP contribution in [0.5, 0.6) is 0 Å². The second kappa shape index (κ2) is 4.75. The minimum Gasteiger partial charge on any atom is -0.385 e. The molecule has 0 amide bonds. The fourth-order valence-corrected chi connectivity index (χ4v) is 3.46. The predicted octanol–water partition coefficient (Wildman–Crippen LogP) is 2.01. The van der Waals surface area contributed by atoms with Crippen molar-refractivity contribution in [3.63, 3.8) is 0 Å². The zero-order valence-corrected chi connectivity index (χ0v) is 11.4. The summed E-state index contributed by atoms with van der Waals surface area (Å²) in [5.74, 6) is 0.